The summed E-state index contributed by atoms with van der Waals surface area (Å²) in [5.74, 6) is 0. The highest BCUT2D eigenvalue weighted by Crippen LogP contribution is 2.29. The number of halogens is 3. The van der Waals surface area contributed by atoms with Crippen LogP contribution >= 0.6 is 54.5 Å². The van der Waals surface area contributed by atoms with E-state index in [0.717, 1.165) is 8.40 Å². The van der Waals surface area contributed by atoms with Gasteiger partial charge in [0, 0.05) is 52.1 Å². The first-order valence-electron chi connectivity index (χ1n) is 9.75. The lowest BCUT2D eigenvalue weighted by Crippen LogP contribution is -2.01. The summed E-state index contributed by atoms with van der Waals surface area (Å²) >= 11 is 9.41. The zero-order chi connectivity index (χ0) is 21.7. The molecule has 2 nitrogen and oxygen atoms in total. The summed E-state index contributed by atoms with van der Waals surface area (Å²) in [4.78, 5) is 3.27. The molecule has 2 aromatic heterocycles. The van der Waals surface area contributed by atoms with E-state index in [1.165, 1.54) is 37.7 Å². The van der Waals surface area contributed by atoms with Crippen LogP contribution in [-0.2, 0) is 0 Å². The average Bonchev–Trinajstić information content (AvgIpc) is 3.15. The Bertz CT molecular complexity index is 1070. The van der Waals surface area contributed by atoms with E-state index < -0.39 is 0 Å². The van der Waals surface area contributed by atoms with Crippen LogP contribution in [0.3, 0.4) is 0 Å². The van der Waals surface area contributed by atoms with Crippen LogP contribution in [-0.4, -0.2) is 13.5 Å². The zero-order valence-electron chi connectivity index (χ0n) is 17.9. The molecule has 0 aliphatic heterocycles. The van der Waals surface area contributed by atoms with E-state index in [0.29, 0.717) is 6.04 Å². The second kappa shape index (κ2) is 11.0. The monoisotopic (exact) mass is 630 g/mol. The van der Waals surface area contributed by atoms with Gasteiger partial charge in [-0.2, -0.15) is 0 Å². The highest BCUT2D eigenvalue weighted by molar-refractivity contribution is 14.1. The maximum atomic E-state index is 3.58. The Kier molecular flexibility index (Phi) is 9.29. The first-order valence-corrected chi connectivity index (χ1v) is 12.6. The molecule has 2 aromatic carbocycles. The molecule has 0 unspecified atom stereocenters. The lowest BCUT2D eigenvalue weighted by molar-refractivity contribution is 0.608. The van der Waals surface area contributed by atoms with Crippen molar-refractivity contribution in [2.24, 2.45) is 0 Å². The molecule has 0 saturated carbocycles. The van der Waals surface area contributed by atoms with Crippen LogP contribution in [0.5, 0.6) is 0 Å². The van der Waals surface area contributed by atoms with Gasteiger partial charge >= 0.3 is 0 Å². The summed E-state index contributed by atoms with van der Waals surface area (Å²) in [7, 11) is 0. The van der Waals surface area contributed by atoms with Crippen LogP contribution in [0.1, 0.15) is 45.1 Å². The Hall–Kier alpha value is -0.790. The van der Waals surface area contributed by atoms with Gasteiger partial charge in [-0.05, 0) is 64.1 Å². The third-order valence-electron chi connectivity index (χ3n) is 4.28. The van der Waals surface area contributed by atoms with Gasteiger partial charge in [-0.1, -0.05) is 80.4 Å². The molecule has 156 valence electrons. The maximum absolute atomic E-state index is 3.58. The lowest BCUT2D eigenvalue weighted by atomic mass is 10.2. The Balaban J connectivity index is 0.000000179. The molecule has 0 bridgehead atoms. The van der Waals surface area contributed by atoms with E-state index in [9.17, 15) is 0 Å². The highest BCUT2D eigenvalue weighted by atomic mass is 127. The van der Waals surface area contributed by atoms with Crippen LogP contribution in [0.4, 0.5) is 0 Å². The Morgan fingerprint density at radius 2 is 1.41 bits per heavy atom. The molecule has 0 radical (unpaired) electrons. The SMILES string of the molecule is CC(C)I.Cc1cc2c(Br)cccc2[nH]1.Cc1cc2c(Br)cccc2n1C(C)C. The minimum Gasteiger partial charge on any atom is -0.359 e. The Labute approximate surface area is 204 Å². The van der Waals surface area contributed by atoms with Crippen molar-refractivity contribution < 1.29 is 0 Å². The second-order valence-corrected chi connectivity index (χ2v) is 11.8. The minimum absolute atomic E-state index is 0.516. The molecule has 2 heterocycles. The molecule has 0 fully saturated rings. The van der Waals surface area contributed by atoms with Gasteiger partial charge in [-0.15, -0.1) is 0 Å². The molecule has 29 heavy (non-hydrogen) atoms. The molecule has 4 rings (SSSR count). The van der Waals surface area contributed by atoms with E-state index in [1.807, 2.05) is 6.07 Å². The van der Waals surface area contributed by atoms with E-state index in [4.69, 9.17) is 0 Å². The van der Waals surface area contributed by atoms with Crippen molar-refractivity contribution in [2.45, 2.75) is 51.5 Å². The van der Waals surface area contributed by atoms with E-state index in [1.54, 1.807) is 0 Å². The predicted molar refractivity (Wildman–Crippen MR) is 145 cm³/mol. The molecule has 0 amide bonds. The van der Waals surface area contributed by atoms with Crippen LogP contribution in [0.25, 0.3) is 21.8 Å². The smallest absolute Gasteiger partial charge is 0.0496 e. The predicted octanol–water partition coefficient (Wildman–Crippen LogP) is 9.36. The average molecular weight is 632 g/mol. The lowest BCUT2D eigenvalue weighted by Gasteiger charge is -2.12. The minimum atomic E-state index is 0.516. The van der Waals surface area contributed by atoms with Crippen molar-refractivity contribution in [3.05, 3.63) is 68.9 Å². The number of aromatic amines is 1. The van der Waals surface area contributed by atoms with Crippen LogP contribution in [0.2, 0.25) is 0 Å². The Morgan fingerprint density at radius 3 is 1.97 bits per heavy atom. The summed E-state index contributed by atoms with van der Waals surface area (Å²) in [5.41, 5.74) is 5.03. The van der Waals surface area contributed by atoms with Crippen molar-refractivity contribution in [1.29, 1.82) is 0 Å². The van der Waals surface area contributed by atoms with E-state index in [-0.39, 0.29) is 0 Å². The topological polar surface area (TPSA) is 20.7 Å². The van der Waals surface area contributed by atoms with Crippen LogP contribution in [0, 0.1) is 13.8 Å². The quantitative estimate of drug-likeness (QED) is 0.160. The summed E-state index contributed by atoms with van der Waals surface area (Å²) in [6.45, 7) is 13.0. The Morgan fingerprint density at radius 1 is 0.862 bits per heavy atom. The van der Waals surface area contributed by atoms with Crippen molar-refractivity contribution in [2.75, 3.05) is 0 Å². The molecular formula is C24H29Br2IN2. The number of rotatable bonds is 1. The molecule has 5 heteroatoms. The summed E-state index contributed by atoms with van der Waals surface area (Å²) in [5, 5.41) is 2.56. The fourth-order valence-electron chi connectivity index (χ4n) is 3.29. The molecule has 0 saturated heterocycles. The third kappa shape index (κ3) is 6.59. The summed E-state index contributed by atoms with van der Waals surface area (Å²) in [6, 6.07) is 17.4. The first-order chi connectivity index (χ1) is 13.6. The maximum Gasteiger partial charge on any atom is 0.0496 e. The largest absolute Gasteiger partial charge is 0.359 e. The summed E-state index contributed by atoms with van der Waals surface area (Å²) < 4.78 is 5.49. The first kappa shape index (κ1) is 24.5. The summed E-state index contributed by atoms with van der Waals surface area (Å²) in [6.07, 6.45) is 0. The molecule has 0 aliphatic carbocycles. The number of H-pyrrole nitrogens is 1. The fourth-order valence-corrected chi connectivity index (χ4v) is 4.24. The number of hydrogen-bond donors (Lipinski definition) is 1. The van der Waals surface area contributed by atoms with Gasteiger partial charge in [-0.25, -0.2) is 0 Å². The number of benzene rings is 2. The van der Waals surface area contributed by atoms with Crippen molar-refractivity contribution in [1.82, 2.24) is 9.55 Å². The number of aryl methyl sites for hydroxylation is 2. The number of nitrogens with zero attached hydrogens (tertiary/aromatic N) is 1. The van der Waals surface area contributed by atoms with Gasteiger partial charge in [0.15, 0.2) is 0 Å². The normalized spacial score (nSPS) is 10.9. The number of alkyl halides is 1. The number of aromatic nitrogens is 2. The zero-order valence-corrected chi connectivity index (χ0v) is 23.2. The van der Waals surface area contributed by atoms with Crippen LogP contribution < -0.4 is 0 Å². The molecule has 0 aliphatic rings. The van der Waals surface area contributed by atoms with Gasteiger partial charge in [0.05, 0.1) is 0 Å². The van der Waals surface area contributed by atoms with Gasteiger partial charge < -0.3 is 9.55 Å². The number of nitrogens with one attached hydrogen (secondary N) is 1. The molecule has 0 spiro atoms. The molecule has 0 atom stereocenters. The van der Waals surface area contributed by atoms with E-state index >= 15 is 0 Å². The fraction of sp³-hybridized carbons (Fsp3) is 0.333. The van der Waals surface area contributed by atoms with Crippen molar-refractivity contribution >= 4 is 76.3 Å². The van der Waals surface area contributed by atoms with Crippen molar-refractivity contribution in [3.63, 3.8) is 0 Å². The number of fused-ring (bicyclic) bond motifs is 2. The van der Waals surface area contributed by atoms with Gasteiger partial charge in [0.1, 0.15) is 0 Å². The number of hydrogen-bond acceptors (Lipinski definition) is 0. The standard InChI is InChI=1S/C12H14BrN.C9H8BrN.C3H7I/c1-8(2)14-9(3)7-10-11(13)5-4-6-12(10)14;1-6-5-7-8(10)3-2-4-9(7)11-6;1-3(2)4/h4-8H,1-3H3;2-5,11H,1H3;3H,1-2H3. The highest BCUT2D eigenvalue weighted by Gasteiger charge is 2.09. The van der Waals surface area contributed by atoms with Gasteiger partial charge in [0.2, 0.25) is 0 Å². The van der Waals surface area contributed by atoms with Gasteiger partial charge in [-0.3, -0.25) is 0 Å². The molecule has 4 aromatic rings. The molecule has 1 N–H and O–H groups in total. The van der Waals surface area contributed by atoms with Crippen LogP contribution in [0.15, 0.2) is 57.5 Å². The molecular weight excluding hydrogens is 603 g/mol. The van der Waals surface area contributed by atoms with Crippen molar-refractivity contribution in [3.8, 4) is 0 Å². The second-order valence-electron chi connectivity index (χ2n) is 7.59. The van der Waals surface area contributed by atoms with E-state index in [2.05, 4.69) is 148 Å². The van der Waals surface area contributed by atoms with Gasteiger partial charge in [0.25, 0.3) is 0 Å². The third-order valence-corrected chi connectivity index (χ3v) is 5.67.